The summed E-state index contributed by atoms with van der Waals surface area (Å²) in [6.07, 6.45) is 0.643. The van der Waals surface area contributed by atoms with E-state index in [-0.39, 0.29) is 11.8 Å². The maximum Gasteiger partial charge on any atom is 0.341 e. The van der Waals surface area contributed by atoms with Crippen molar-refractivity contribution in [3.63, 3.8) is 0 Å². The fourth-order valence-electron chi connectivity index (χ4n) is 2.82. The van der Waals surface area contributed by atoms with Crippen LogP contribution in [0.3, 0.4) is 0 Å². The van der Waals surface area contributed by atoms with E-state index in [0.717, 1.165) is 16.9 Å². The third-order valence-electron chi connectivity index (χ3n) is 4.00. The van der Waals surface area contributed by atoms with Gasteiger partial charge in [-0.15, -0.1) is 0 Å². The highest BCUT2D eigenvalue weighted by Crippen LogP contribution is 2.33. The first kappa shape index (κ1) is 16.8. The molecule has 0 bridgehead atoms. The molecule has 2 aromatic carbocycles. The molecule has 0 aliphatic carbocycles. The largest absolute Gasteiger partial charge is 0.493 e. The van der Waals surface area contributed by atoms with E-state index in [9.17, 15) is 9.59 Å². The number of benzene rings is 2. The fraction of sp³-hybridized carbons (Fsp3) is 0.263. The van der Waals surface area contributed by atoms with Crippen LogP contribution >= 0.6 is 0 Å². The number of carboxylic acid groups (broad SMARTS) is 1. The van der Waals surface area contributed by atoms with Crippen molar-refractivity contribution >= 4 is 11.9 Å². The SMILES string of the molecule is O=C(O)COc1cccc(CNC(=O)C2CCOc3ccccc32)c1. The summed E-state index contributed by atoms with van der Waals surface area (Å²) in [6, 6.07) is 14.6. The number of nitrogens with one attached hydrogen (secondary N) is 1. The van der Waals surface area contributed by atoms with Gasteiger partial charge < -0.3 is 19.9 Å². The maximum absolute atomic E-state index is 12.6. The third kappa shape index (κ3) is 4.29. The Hall–Kier alpha value is -3.02. The van der Waals surface area contributed by atoms with Gasteiger partial charge in [0.05, 0.1) is 12.5 Å². The van der Waals surface area contributed by atoms with Gasteiger partial charge in [-0.05, 0) is 30.2 Å². The Kier molecular flexibility index (Phi) is 5.18. The van der Waals surface area contributed by atoms with Crippen molar-refractivity contribution < 1.29 is 24.2 Å². The van der Waals surface area contributed by atoms with Crippen LogP contribution < -0.4 is 14.8 Å². The average Bonchev–Trinajstić information content (AvgIpc) is 2.64. The molecule has 0 saturated heterocycles. The number of para-hydroxylation sites is 1. The fourth-order valence-corrected chi connectivity index (χ4v) is 2.82. The second-order valence-corrected chi connectivity index (χ2v) is 5.78. The number of carbonyl (C=O) groups excluding carboxylic acids is 1. The average molecular weight is 341 g/mol. The van der Waals surface area contributed by atoms with Gasteiger partial charge in [-0.1, -0.05) is 30.3 Å². The minimum absolute atomic E-state index is 0.0485. The monoisotopic (exact) mass is 341 g/mol. The van der Waals surface area contributed by atoms with E-state index in [2.05, 4.69) is 5.32 Å². The molecule has 6 heteroatoms. The molecule has 0 spiro atoms. The van der Waals surface area contributed by atoms with Crippen LogP contribution in [0, 0.1) is 0 Å². The first-order valence-corrected chi connectivity index (χ1v) is 8.06. The predicted molar refractivity (Wildman–Crippen MR) is 90.7 cm³/mol. The summed E-state index contributed by atoms with van der Waals surface area (Å²) in [5, 5.41) is 11.6. The Labute approximate surface area is 145 Å². The summed E-state index contributed by atoms with van der Waals surface area (Å²) in [6.45, 7) is 0.477. The van der Waals surface area contributed by atoms with Crippen LogP contribution in [0.2, 0.25) is 0 Å². The topological polar surface area (TPSA) is 84.9 Å². The number of amides is 1. The van der Waals surface area contributed by atoms with Gasteiger partial charge in [0.15, 0.2) is 6.61 Å². The summed E-state index contributed by atoms with van der Waals surface area (Å²) in [5.74, 6) is -0.0792. The molecule has 25 heavy (non-hydrogen) atoms. The van der Waals surface area contributed by atoms with Crippen LogP contribution in [0.4, 0.5) is 0 Å². The van der Waals surface area contributed by atoms with Gasteiger partial charge in [-0.3, -0.25) is 4.79 Å². The summed E-state index contributed by atoms with van der Waals surface area (Å²) in [5.41, 5.74) is 1.75. The van der Waals surface area contributed by atoms with Gasteiger partial charge >= 0.3 is 5.97 Å². The van der Waals surface area contributed by atoms with Gasteiger partial charge in [-0.25, -0.2) is 4.79 Å². The first-order valence-electron chi connectivity index (χ1n) is 8.06. The van der Waals surface area contributed by atoms with Crippen LogP contribution in [0.1, 0.15) is 23.5 Å². The molecule has 0 radical (unpaired) electrons. The second kappa shape index (κ2) is 7.70. The highest BCUT2D eigenvalue weighted by molar-refractivity contribution is 5.84. The zero-order chi connectivity index (χ0) is 17.6. The van der Waals surface area contributed by atoms with Crippen molar-refractivity contribution in [3.05, 3.63) is 59.7 Å². The number of hydrogen-bond acceptors (Lipinski definition) is 4. The molecule has 1 unspecified atom stereocenters. The number of ether oxygens (including phenoxy) is 2. The Morgan fingerprint density at radius 2 is 2.04 bits per heavy atom. The molecule has 3 rings (SSSR count). The second-order valence-electron chi connectivity index (χ2n) is 5.78. The van der Waals surface area contributed by atoms with Crippen molar-refractivity contribution in [2.45, 2.75) is 18.9 Å². The van der Waals surface area contributed by atoms with Gasteiger partial charge in [0.25, 0.3) is 0 Å². The molecule has 1 atom stereocenters. The summed E-state index contributed by atoms with van der Waals surface area (Å²) >= 11 is 0. The molecule has 2 aromatic rings. The predicted octanol–water partition coefficient (Wildman–Crippen LogP) is 2.33. The van der Waals surface area contributed by atoms with E-state index in [1.807, 2.05) is 30.3 Å². The van der Waals surface area contributed by atoms with E-state index in [4.69, 9.17) is 14.6 Å². The molecule has 1 aliphatic rings. The highest BCUT2D eigenvalue weighted by Gasteiger charge is 2.27. The standard InChI is InChI=1S/C19H19NO5/c21-18(22)12-25-14-5-3-4-13(10-14)11-20-19(23)16-8-9-24-17-7-2-1-6-15(16)17/h1-7,10,16H,8-9,11-12H2,(H,20,23)(H,21,22). The van der Waals surface area contributed by atoms with Crippen LogP contribution in [0.5, 0.6) is 11.5 Å². The quantitative estimate of drug-likeness (QED) is 0.842. The van der Waals surface area contributed by atoms with Crippen LogP contribution in [-0.2, 0) is 16.1 Å². The molecule has 0 fully saturated rings. The van der Waals surface area contributed by atoms with E-state index >= 15 is 0 Å². The van der Waals surface area contributed by atoms with Crippen molar-refractivity contribution in [1.29, 1.82) is 0 Å². The zero-order valence-electron chi connectivity index (χ0n) is 13.6. The molecule has 1 amide bonds. The number of fused-ring (bicyclic) bond motifs is 1. The van der Waals surface area contributed by atoms with E-state index in [1.165, 1.54) is 0 Å². The lowest BCUT2D eigenvalue weighted by molar-refractivity contribution is -0.139. The maximum atomic E-state index is 12.6. The summed E-state index contributed by atoms with van der Waals surface area (Å²) in [4.78, 5) is 23.1. The minimum Gasteiger partial charge on any atom is -0.493 e. The molecular weight excluding hydrogens is 322 g/mol. The van der Waals surface area contributed by atoms with Crippen LogP contribution in [0.15, 0.2) is 48.5 Å². The lowest BCUT2D eigenvalue weighted by atomic mass is 9.92. The number of carbonyl (C=O) groups is 2. The Morgan fingerprint density at radius 3 is 2.88 bits per heavy atom. The van der Waals surface area contributed by atoms with Gasteiger partial charge in [-0.2, -0.15) is 0 Å². The highest BCUT2D eigenvalue weighted by atomic mass is 16.5. The lowest BCUT2D eigenvalue weighted by Gasteiger charge is -2.25. The van der Waals surface area contributed by atoms with Crippen molar-refractivity contribution in [3.8, 4) is 11.5 Å². The molecule has 130 valence electrons. The van der Waals surface area contributed by atoms with E-state index in [0.29, 0.717) is 25.3 Å². The molecule has 6 nitrogen and oxygen atoms in total. The van der Waals surface area contributed by atoms with E-state index < -0.39 is 12.6 Å². The lowest BCUT2D eigenvalue weighted by Crippen LogP contribution is -2.32. The normalized spacial score (nSPS) is 15.6. The third-order valence-corrected chi connectivity index (χ3v) is 4.00. The first-order chi connectivity index (χ1) is 12.1. The molecule has 0 aromatic heterocycles. The number of carboxylic acids is 1. The molecule has 0 saturated carbocycles. The van der Waals surface area contributed by atoms with Crippen molar-refractivity contribution in [1.82, 2.24) is 5.32 Å². The summed E-state index contributed by atoms with van der Waals surface area (Å²) < 4.78 is 10.7. The van der Waals surface area contributed by atoms with Crippen LogP contribution in [-0.4, -0.2) is 30.2 Å². The molecule has 1 heterocycles. The molecule has 1 aliphatic heterocycles. The Bertz CT molecular complexity index is 774. The number of aliphatic carboxylic acids is 1. The van der Waals surface area contributed by atoms with E-state index in [1.54, 1.807) is 18.2 Å². The summed E-state index contributed by atoms with van der Waals surface area (Å²) in [7, 11) is 0. The van der Waals surface area contributed by atoms with Crippen LogP contribution in [0.25, 0.3) is 0 Å². The van der Waals surface area contributed by atoms with Gasteiger partial charge in [0.1, 0.15) is 11.5 Å². The molecular formula is C19H19NO5. The minimum atomic E-state index is -1.03. The van der Waals surface area contributed by atoms with Gasteiger partial charge in [0.2, 0.25) is 5.91 Å². The van der Waals surface area contributed by atoms with Gasteiger partial charge in [0, 0.05) is 12.1 Å². The number of hydrogen-bond donors (Lipinski definition) is 2. The smallest absolute Gasteiger partial charge is 0.341 e. The van der Waals surface area contributed by atoms with Crippen molar-refractivity contribution in [2.24, 2.45) is 0 Å². The number of rotatable bonds is 6. The van der Waals surface area contributed by atoms with Crippen molar-refractivity contribution in [2.75, 3.05) is 13.2 Å². The Balaban J connectivity index is 1.61. The molecule has 2 N–H and O–H groups in total. The Morgan fingerprint density at radius 1 is 1.20 bits per heavy atom. The zero-order valence-corrected chi connectivity index (χ0v) is 13.6.